The van der Waals surface area contributed by atoms with E-state index in [4.69, 9.17) is 11.6 Å². The van der Waals surface area contributed by atoms with Gasteiger partial charge in [0.2, 0.25) is 0 Å². The van der Waals surface area contributed by atoms with Crippen LogP contribution in [-0.2, 0) is 13.1 Å². The van der Waals surface area contributed by atoms with E-state index < -0.39 is 0 Å². The third kappa shape index (κ3) is 6.09. The van der Waals surface area contributed by atoms with Crippen molar-refractivity contribution >= 4 is 17.6 Å². The molecule has 0 amide bonds. The minimum Gasteiger partial charge on any atom is -0.357 e. The zero-order chi connectivity index (χ0) is 18.2. The van der Waals surface area contributed by atoms with Gasteiger partial charge in [-0.2, -0.15) is 0 Å². The minimum absolute atomic E-state index is 0.104. The minimum atomic E-state index is 0.104. The third-order valence-corrected chi connectivity index (χ3v) is 4.02. The standard InChI is InChI=1S/C19H28ClN5/c1-5-21-19(24-15(4)16-7-6-8-17(20)11-16)23-12-18-22-9-10-25(18)13-14(2)3/h6-11,14-15H,5,12-13H2,1-4H3,(H2,21,23,24). The van der Waals surface area contributed by atoms with Crippen molar-refractivity contribution in [2.45, 2.75) is 46.8 Å². The Balaban J connectivity index is 2.07. The number of aromatic nitrogens is 2. The van der Waals surface area contributed by atoms with Gasteiger partial charge in [-0.1, -0.05) is 37.6 Å². The average Bonchev–Trinajstić information content (AvgIpc) is 2.99. The van der Waals surface area contributed by atoms with E-state index in [0.717, 1.165) is 35.5 Å². The molecule has 0 bridgehead atoms. The molecule has 1 aromatic heterocycles. The Bertz CT molecular complexity index is 693. The monoisotopic (exact) mass is 361 g/mol. The Morgan fingerprint density at radius 1 is 1.32 bits per heavy atom. The number of aliphatic imine (C=N–C) groups is 1. The van der Waals surface area contributed by atoms with Gasteiger partial charge in [0, 0.05) is 30.5 Å². The van der Waals surface area contributed by atoms with Crippen LogP contribution in [0, 0.1) is 5.92 Å². The Labute approximate surface area is 155 Å². The van der Waals surface area contributed by atoms with E-state index in [1.165, 1.54) is 0 Å². The molecule has 0 aliphatic carbocycles. The van der Waals surface area contributed by atoms with Crippen LogP contribution >= 0.6 is 11.6 Å². The summed E-state index contributed by atoms with van der Waals surface area (Å²) >= 11 is 6.09. The van der Waals surface area contributed by atoms with Crippen molar-refractivity contribution in [1.82, 2.24) is 20.2 Å². The van der Waals surface area contributed by atoms with Crippen LogP contribution in [0.5, 0.6) is 0 Å². The Kier molecular flexibility index (Phi) is 7.31. The van der Waals surface area contributed by atoms with E-state index in [1.807, 2.05) is 30.6 Å². The van der Waals surface area contributed by atoms with Crippen LogP contribution in [0.4, 0.5) is 0 Å². The Morgan fingerprint density at radius 3 is 2.80 bits per heavy atom. The molecule has 0 saturated carbocycles. The fraction of sp³-hybridized carbons (Fsp3) is 0.474. The summed E-state index contributed by atoms with van der Waals surface area (Å²) in [7, 11) is 0. The van der Waals surface area contributed by atoms with Gasteiger partial charge in [0.15, 0.2) is 5.96 Å². The summed E-state index contributed by atoms with van der Waals surface area (Å²) in [5.41, 5.74) is 1.12. The largest absolute Gasteiger partial charge is 0.357 e. The van der Waals surface area contributed by atoms with Crippen molar-refractivity contribution in [2.75, 3.05) is 6.54 Å². The number of hydrogen-bond donors (Lipinski definition) is 2. The summed E-state index contributed by atoms with van der Waals surface area (Å²) < 4.78 is 2.16. The smallest absolute Gasteiger partial charge is 0.192 e. The first-order valence-electron chi connectivity index (χ1n) is 8.80. The molecule has 25 heavy (non-hydrogen) atoms. The molecular formula is C19H28ClN5. The van der Waals surface area contributed by atoms with Crippen molar-refractivity contribution in [3.8, 4) is 0 Å². The molecule has 1 atom stereocenters. The van der Waals surface area contributed by atoms with Gasteiger partial charge in [-0.3, -0.25) is 0 Å². The zero-order valence-corrected chi connectivity index (χ0v) is 16.2. The van der Waals surface area contributed by atoms with E-state index in [9.17, 15) is 0 Å². The van der Waals surface area contributed by atoms with Gasteiger partial charge in [-0.15, -0.1) is 0 Å². The fourth-order valence-corrected chi connectivity index (χ4v) is 2.78. The van der Waals surface area contributed by atoms with Crippen LogP contribution < -0.4 is 10.6 Å². The highest BCUT2D eigenvalue weighted by Crippen LogP contribution is 2.17. The zero-order valence-electron chi connectivity index (χ0n) is 15.5. The summed E-state index contributed by atoms with van der Waals surface area (Å²) in [4.78, 5) is 9.12. The lowest BCUT2D eigenvalue weighted by Crippen LogP contribution is -2.38. The first kappa shape index (κ1) is 19.3. The first-order chi connectivity index (χ1) is 12.0. The summed E-state index contributed by atoms with van der Waals surface area (Å²) in [6.07, 6.45) is 3.85. The highest BCUT2D eigenvalue weighted by Gasteiger charge is 2.09. The van der Waals surface area contributed by atoms with Crippen molar-refractivity contribution < 1.29 is 0 Å². The number of benzene rings is 1. The van der Waals surface area contributed by atoms with Gasteiger partial charge in [-0.05, 0) is 37.5 Å². The second-order valence-corrected chi connectivity index (χ2v) is 6.94. The maximum Gasteiger partial charge on any atom is 0.192 e. The van der Waals surface area contributed by atoms with Crippen molar-refractivity contribution in [2.24, 2.45) is 10.9 Å². The lowest BCUT2D eigenvalue weighted by atomic mass is 10.1. The maximum absolute atomic E-state index is 6.09. The molecular weight excluding hydrogens is 334 g/mol. The van der Waals surface area contributed by atoms with Gasteiger partial charge in [-0.25, -0.2) is 9.98 Å². The number of hydrogen-bond acceptors (Lipinski definition) is 2. The molecule has 0 radical (unpaired) electrons. The highest BCUT2D eigenvalue weighted by molar-refractivity contribution is 6.30. The average molecular weight is 362 g/mol. The first-order valence-corrected chi connectivity index (χ1v) is 9.17. The molecule has 2 rings (SSSR count). The van der Waals surface area contributed by atoms with Gasteiger partial charge < -0.3 is 15.2 Å². The molecule has 136 valence electrons. The quantitative estimate of drug-likeness (QED) is 0.578. The van der Waals surface area contributed by atoms with Crippen LogP contribution in [0.2, 0.25) is 5.02 Å². The van der Waals surface area contributed by atoms with E-state index >= 15 is 0 Å². The molecule has 6 heteroatoms. The third-order valence-electron chi connectivity index (χ3n) is 3.79. The molecule has 5 nitrogen and oxygen atoms in total. The molecule has 1 heterocycles. The number of nitrogens with one attached hydrogen (secondary N) is 2. The summed E-state index contributed by atoms with van der Waals surface area (Å²) in [5.74, 6) is 2.32. The molecule has 0 spiro atoms. The molecule has 0 aliphatic rings. The normalized spacial score (nSPS) is 13.1. The van der Waals surface area contributed by atoms with E-state index in [2.05, 4.69) is 58.9 Å². The van der Waals surface area contributed by atoms with Crippen LogP contribution in [0.1, 0.15) is 45.1 Å². The molecule has 2 N–H and O–H groups in total. The van der Waals surface area contributed by atoms with Crippen LogP contribution in [0.25, 0.3) is 0 Å². The van der Waals surface area contributed by atoms with Crippen molar-refractivity contribution in [3.05, 3.63) is 53.1 Å². The van der Waals surface area contributed by atoms with Crippen LogP contribution in [-0.4, -0.2) is 22.1 Å². The van der Waals surface area contributed by atoms with Crippen LogP contribution in [0.15, 0.2) is 41.7 Å². The van der Waals surface area contributed by atoms with Gasteiger partial charge in [0.1, 0.15) is 12.4 Å². The number of rotatable bonds is 7. The van der Waals surface area contributed by atoms with Gasteiger partial charge >= 0.3 is 0 Å². The van der Waals surface area contributed by atoms with Gasteiger partial charge in [0.05, 0.1) is 6.04 Å². The second kappa shape index (κ2) is 9.47. The topological polar surface area (TPSA) is 54.2 Å². The predicted molar refractivity (Wildman–Crippen MR) is 105 cm³/mol. The number of nitrogens with zero attached hydrogens (tertiary/aromatic N) is 3. The predicted octanol–water partition coefficient (Wildman–Crippen LogP) is 4.01. The van der Waals surface area contributed by atoms with Crippen LogP contribution in [0.3, 0.4) is 0 Å². The highest BCUT2D eigenvalue weighted by atomic mass is 35.5. The second-order valence-electron chi connectivity index (χ2n) is 6.51. The van der Waals surface area contributed by atoms with Gasteiger partial charge in [0.25, 0.3) is 0 Å². The molecule has 0 fully saturated rings. The lowest BCUT2D eigenvalue weighted by Gasteiger charge is -2.18. The summed E-state index contributed by atoms with van der Waals surface area (Å²) in [6, 6.07) is 7.97. The number of guanidine groups is 1. The Morgan fingerprint density at radius 2 is 2.12 bits per heavy atom. The summed E-state index contributed by atoms with van der Waals surface area (Å²) in [5, 5.41) is 7.46. The molecule has 0 aliphatic heterocycles. The Hall–Kier alpha value is -2.01. The van der Waals surface area contributed by atoms with Crippen molar-refractivity contribution in [3.63, 3.8) is 0 Å². The fourth-order valence-electron chi connectivity index (χ4n) is 2.59. The summed E-state index contributed by atoms with van der Waals surface area (Å²) in [6.45, 7) is 10.8. The number of halogens is 1. The molecule has 2 aromatic rings. The van der Waals surface area contributed by atoms with E-state index in [1.54, 1.807) is 0 Å². The molecule has 0 saturated heterocycles. The maximum atomic E-state index is 6.09. The number of imidazole rings is 1. The lowest BCUT2D eigenvalue weighted by molar-refractivity contribution is 0.507. The van der Waals surface area contributed by atoms with E-state index in [0.29, 0.717) is 12.5 Å². The van der Waals surface area contributed by atoms with E-state index in [-0.39, 0.29) is 6.04 Å². The molecule has 1 aromatic carbocycles. The SMILES string of the molecule is CCNC(=NCc1nccn1CC(C)C)NC(C)c1cccc(Cl)c1. The van der Waals surface area contributed by atoms with Crippen molar-refractivity contribution in [1.29, 1.82) is 0 Å². The molecule has 1 unspecified atom stereocenters.